The fraction of sp³-hybridized carbons (Fsp3) is 0.621. The Hall–Kier alpha value is -2.07. The predicted octanol–water partition coefficient (Wildman–Crippen LogP) is 2.84. The van der Waals surface area contributed by atoms with E-state index in [1.807, 2.05) is 25.2 Å². The maximum Gasteiger partial charge on any atom is 0.244 e. The lowest BCUT2D eigenvalue weighted by Crippen LogP contribution is -2.59. The van der Waals surface area contributed by atoms with Crippen LogP contribution in [0.25, 0.3) is 0 Å². The molecule has 1 amide bonds. The Labute approximate surface area is 221 Å². The second-order valence-corrected chi connectivity index (χ2v) is 10.6. The van der Waals surface area contributed by atoms with Crippen molar-refractivity contribution in [2.45, 2.75) is 91.0 Å². The van der Waals surface area contributed by atoms with Gasteiger partial charge in [0.15, 0.2) is 6.29 Å². The third-order valence-corrected chi connectivity index (χ3v) is 6.88. The van der Waals surface area contributed by atoms with Gasteiger partial charge in [0.2, 0.25) is 5.91 Å². The van der Waals surface area contributed by atoms with Gasteiger partial charge in [0.1, 0.15) is 24.4 Å². The molecule has 1 fully saturated rings. The van der Waals surface area contributed by atoms with Gasteiger partial charge in [-0.1, -0.05) is 55.4 Å². The SMILES string of the molecule is CC1=C(/C=C/C(C)=C/C=C/C(C)=C\C(=O)NCCCO[C@@H]2OC(CO)[C@H](O)[C@H](O)C2O)C(C)(C)CCC1. The van der Waals surface area contributed by atoms with Crippen LogP contribution in [0.4, 0.5) is 0 Å². The average molecular weight is 520 g/mol. The Bertz CT molecular complexity index is 913. The molecule has 0 aromatic heterocycles. The standard InChI is InChI=1S/C29H45NO7/c1-19(12-13-22-21(3)11-7-14-29(22,4)5)9-6-10-20(2)17-24(32)30-15-8-16-36-28-27(35)26(34)25(33)23(18-31)37-28/h6,9-10,12-13,17,23,25-28,31,33-35H,7-8,11,14-16,18H2,1-5H3,(H,30,32)/b10-6+,13-12+,19-9+,20-17-/t23?,25-,26-,27?,28+/m0/s1. The van der Waals surface area contributed by atoms with Gasteiger partial charge in [0.25, 0.3) is 0 Å². The molecule has 37 heavy (non-hydrogen) atoms. The van der Waals surface area contributed by atoms with Gasteiger partial charge in [-0.05, 0) is 63.0 Å². The van der Waals surface area contributed by atoms with E-state index in [-0.39, 0.29) is 17.9 Å². The predicted molar refractivity (Wildman–Crippen MR) is 143 cm³/mol. The summed E-state index contributed by atoms with van der Waals surface area (Å²) in [4.78, 5) is 12.2. The number of carbonyl (C=O) groups excluding carboxylic acids is 1. The molecule has 0 aromatic carbocycles. The molecule has 1 aliphatic heterocycles. The van der Waals surface area contributed by atoms with E-state index in [9.17, 15) is 25.2 Å². The van der Waals surface area contributed by atoms with E-state index in [1.165, 1.54) is 36.5 Å². The number of aliphatic hydroxyl groups is 4. The number of aliphatic hydroxyl groups excluding tert-OH is 4. The highest BCUT2D eigenvalue weighted by molar-refractivity contribution is 5.88. The Morgan fingerprint density at radius 2 is 1.86 bits per heavy atom. The molecule has 8 heteroatoms. The molecule has 0 spiro atoms. The fourth-order valence-corrected chi connectivity index (χ4v) is 4.63. The van der Waals surface area contributed by atoms with Crippen LogP contribution in [0, 0.1) is 5.41 Å². The molecule has 2 unspecified atom stereocenters. The van der Waals surface area contributed by atoms with Crippen molar-refractivity contribution in [1.82, 2.24) is 5.32 Å². The molecule has 208 valence electrons. The van der Waals surface area contributed by atoms with Gasteiger partial charge < -0.3 is 35.2 Å². The minimum atomic E-state index is -1.47. The van der Waals surface area contributed by atoms with E-state index in [2.05, 4.69) is 45.2 Å². The van der Waals surface area contributed by atoms with Gasteiger partial charge in [-0.3, -0.25) is 4.79 Å². The maximum atomic E-state index is 12.2. The quantitative estimate of drug-likeness (QED) is 0.161. The van der Waals surface area contributed by atoms with E-state index < -0.39 is 37.3 Å². The van der Waals surface area contributed by atoms with Crippen LogP contribution >= 0.6 is 0 Å². The molecule has 2 rings (SSSR count). The summed E-state index contributed by atoms with van der Waals surface area (Å²) in [6.07, 6.45) is 9.32. The van der Waals surface area contributed by atoms with Crippen molar-refractivity contribution in [2.75, 3.05) is 19.8 Å². The molecule has 2 aliphatic rings. The van der Waals surface area contributed by atoms with Gasteiger partial charge in [-0.2, -0.15) is 0 Å². The van der Waals surface area contributed by atoms with Crippen LogP contribution in [0.3, 0.4) is 0 Å². The zero-order chi connectivity index (χ0) is 27.6. The van der Waals surface area contributed by atoms with Crippen molar-refractivity contribution in [3.05, 3.63) is 58.7 Å². The first-order valence-electron chi connectivity index (χ1n) is 13.1. The summed E-state index contributed by atoms with van der Waals surface area (Å²) in [5.74, 6) is -0.225. The summed E-state index contributed by atoms with van der Waals surface area (Å²) < 4.78 is 10.7. The molecule has 0 saturated carbocycles. The Kier molecular flexibility index (Phi) is 12.4. The first kappa shape index (κ1) is 31.1. The van der Waals surface area contributed by atoms with E-state index in [1.54, 1.807) is 0 Å². The second-order valence-electron chi connectivity index (χ2n) is 10.6. The number of nitrogens with one attached hydrogen (secondary N) is 1. The Morgan fingerprint density at radius 3 is 2.54 bits per heavy atom. The molecule has 1 aliphatic carbocycles. The molecular formula is C29H45NO7. The molecule has 1 heterocycles. The number of hydrogen-bond donors (Lipinski definition) is 5. The lowest BCUT2D eigenvalue weighted by atomic mass is 9.72. The van der Waals surface area contributed by atoms with Crippen molar-refractivity contribution in [1.29, 1.82) is 0 Å². The largest absolute Gasteiger partial charge is 0.394 e. The van der Waals surface area contributed by atoms with Crippen LogP contribution in [-0.2, 0) is 14.3 Å². The summed E-state index contributed by atoms with van der Waals surface area (Å²) in [6.45, 7) is 10.7. The monoisotopic (exact) mass is 519 g/mol. The molecule has 0 radical (unpaired) electrons. The minimum absolute atomic E-state index is 0.150. The first-order chi connectivity index (χ1) is 17.5. The molecule has 5 atom stereocenters. The van der Waals surface area contributed by atoms with E-state index >= 15 is 0 Å². The smallest absolute Gasteiger partial charge is 0.244 e. The van der Waals surface area contributed by atoms with Crippen LogP contribution in [-0.4, -0.2) is 76.8 Å². The summed E-state index contributed by atoms with van der Waals surface area (Å²) in [5, 5.41) is 41.5. The van der Waals surface area contributed by atoms with Crippen LogP contribution in [0.15, 0.2) is 58.7 Å². The van der Waals surface area contributed by atoms with Crippen molar-refractivity contribution in [2.24, 2.45) is 5.41 Å². The number of amides is 1. The lowest BCUT2D eigenvalue weighted by Gasteiger charge is -2.39. The Morgan fingerprint density at radius 1 is 1.14 bits per heavy atom. The van der Waals surface area contributed by atoms with Gasteiger partial charge in [0.05, 0.1) is 13.2 Å². The summed E-state index contributed by atoms with van der Waals surface area (Å²) in [7, 11) is 0. The van der Waals surface area contributed by atoms with Crippen molar-refractivity contribution >= 4 is 5.91 Å². The zero-order valence-electron chi connectivity index (χ0n) is 22.8. The zero-order valence-corrected chi connectivity index (χ0v) is 22.8. The average Bonchev–Trinajstić information content (AvgIpc) is 2.83. The van der Waals surface area contributed by atoms with E-state index in [0.717, 1.165) is 11.1 Å². The number of rotatable bonds is 11. The van der Waals surface area contributed by atoms with Crippen LogP contribution in [0.1, 0.15) is 60.3 Å². The number of hydrogen-bond acceptors (Lipinski definition) is 7. The van der Waals surface area contributed by atoms with Crippen molar-refractivity contribution in [3.8, 4) is 0 Å². The molecule has 0 aromatic rings. The highest BCUT2D eigenvalue weighted by Crippen LogP contribution is 2.40. The number of ether oxygens (including phenoxy) is 2. The van der Waals surface area contributed by atoms with Gasteiger partial charge in [-0.15, -0.1) is 0 Å². The Balaban J connectivity index is 1.74. The van der Waals surface area contributed by atoms with Crippen LogP contribution in [0.2, 0.25) is 0 Å². The van der Waals surface area contributed by atoms with Gasteiger partial charge in [0, 0.05) is 12.6 Å². The lowest BCUT2D eigenvalue weighted by molar-refractivity contribution is -0.301. The number of carbonyl (C=O) groups is 1. The van der Waals surface area contributed by atoms with Crippen LogP contribution in [0.5, 0.6) is 0 Å². The van der Waals surface area contributed by atoms with E-state index in [4.69, 9.17) is 9.47 Å². The molecule has 0 bridgehead atoms. The second kappa shape index (κ2) is 14.8. The summed E-state index contributed by atoms with van der Waals surface area (Å²) in [6, 6.07) is 0. The molecule has 8 nitrogen and oxygen atoms in total. The van der Waals surface area contributed by atoms with Crippen LogP contribution < -0.4 is 5.32 Å². The van der Waals surface area contributed by atoms with Crippen molar-refractivity contribution in [3.63, 3.8) is 0 Å². The van der Waals surface area contributed by atoms with Crippen molar-refractivity contribution < 1.29 is 34.7 Å². The normalized spacial score (nSPS) is 29.4. The highest BCUT2D eigenvalue weighted by atomic mass is 16.7. The highest BCUT2D eigenvalue weighted by Gasteiger charge is 2.43. The van der Waals surface area contributed by atoms with Gasteiger partial charge in [-0.25, -0.2) is 0 Å². The van der Waals surface area contributed by atoms with Gasteiger partial charge >= 0.3 is 0 Å². The summed E-state index contributed by atoms with van der Waals surface area (Å²) in [5.41, 5.74) is 5.07. The minimum Gasteiger partial charge on any atom is -0.394 e. The molecule has 1 saturated heterocycles. The summed E-state index contributed by atoms with van der Waals surface area (Å²) >= 11 is 0. The third-order valence-electron chi connectivity index (χ3n) is 6.88. The number of allylic oxidation sites excluding steroid dienone is 9. The van der Waals surface area contributed by atoms with E-state index in [0.29, 0.717) is 13.0 Å². The maximum absolute atomic E-state index is 12.2. The molecular weight excluding hydrogens is 474 g/mol. The fourth-order valence-electron chi connectivity index (χ4n) is 4.63. The topological polar surface area (TPSA) is 128 Å². The third kappa shape index (κ3) is 9.63. The molecule has 5 N–H and O–H groups in total. The first-order valence-corrected chi connectivity index (χ1v) is 13.1.